The van der Waals surface area contributed by atoms with Crippen LogP contribution in [0.15, 0.2) is 54.6 Å². The molecule has 30 heavy (non-hydrogen) atoms. The number of ether oxygens (including phenoxy) is 2. The molecule has 0 radical (unpaired) electrons. The third kappa shape index (κ3) is 7.24. The fourth-order valence-corrected chi connectivity index (χ4v) is 2.64. The molecule has 0 aromatic heterocycles. The van der Waals surface area contributed by atoms with E-state index in [-0.39, 0.29) is 11.5 Å². The molecule has 2 aromatic carbocycles. The summed E-state index contributed by atoms with van der Waals surface area (Å²) in [7, 11) is 1.66. The van der Waals surface area contributed by atoms with Gasteiger partial charge in [0.1, 0.15) is 5.60 Å². The van der Waals surface area contributed by atoms with Crippen molar-refractivity contribution in [3.63, 3.8) is 0 Å². The monoisotopic (exact) mass is 412 g/mol. The van der Waals surface area contributed by atoms with Gasteiger partial charge in [-0.25, -0.2) is 9.59 Å². The van der Waals surface area contributed by atoms with Crippen molar-refractivity contribution < 1.29 is 23.9 Å². The smallest absolute Gasteiger partial charge is 0.412 e. The third-order valence-corrected chi connectivity index (χ3v) is 4.04. The largest absolute Gasteiger partial charge is 0.449 e. The van der Waals surface area contributed by atoms with Crippen molar-refractivity contribution in [3.05, 3.63) is 65.7 Å². The number of benzene rings is 2. The van der Waals surface area contributed by atoms with Crippen LogP contribution >= 0.6 is 0 Å². The molecule has 0 spiro atoms. The molecule has 0 aliphatic carbocycles. The van der Waals surface area contributed by atoms with Gasteiger partial charge in [0.15, 0.2) is 6.10 Å². The highest BCUT2D eigenvalue weighted by atomic mass is 16.6. The van der Waals surface area contributed by atoms with E-state index in [0.717, 1.165) is 5.56 Å². The van der Waals surface area contributed by atoms with Gasteiger partial charge in [-0.15, -0.1) is 0 Å². The summed E-state index contributed by atoms with van der Waals surface area (Å²) in [6.45, 7) is 7.27. The minimum atomic E-state index is -0.925. The molecule has 0 saturated heterocycles. The second kappa shape index (κ2) is 9.91. The molecule has 1 N–H and O–H groups in total. The van der Waals surface area contributed by atoms with Crippen molar-refractivity contribution >= 4 is 23.7 Å². The second-order valence-corrected chi connectivity index (χ2v) is 7.93. The lowest BCUT2D eigenvalue weighted by Crippen LogP contribution is -2.37. The van der Waals surface area contributed by atoms with Gasteiger partial charge in [-0.2, -0.15) is 0 Å². The van der Waals surface area contributed by atoms with E-state index in [4.69, 9.17) is 9.47 Å². The lowest BCUT2D eigenvalue weighted by molar-refractivity contribution is -0.139. The minimum Gasteiger partial charge on any atom is -0.449 e. The van der Waals surface area contributed by atoms with Gasteiger partial charge in [-0.05, 0) is 57.5 Å². The maximum atomic E-state index is 12.5. The van der Waals surface area contributed by atoms with E-state index in [1.807, 2.05) is 30.3 Å². The van der Waals surface area contributed by atoms with Crippen molar-refractivity contribution in [2.75, 3.05) is 12.4 Å². The molecule has 0 saturated carbocycles. The zero-order valence-electron chi connectivity index (χ0n) is 18.0. The Bertz CT molecular complexity index is 873. The normalized spacial score (nSPS) is 11.9. The molecule has 7 nitrogen and oxygen atoms in total. The van der Waals surface area contributed by atoms with Crippen molar-refractivity contribution in [3.8, 4) is 0 Å². The second-order valence-electron chi connectivity index (χ2n) is 7.93. The highest BCUT2D eigenvalue weighted by Crippen LogP contribution is 2.14. The first kappa shape index (κ1) is 22.9. The number of hydrogen-bond acceptors (Lipinski definition) is 5. The molecule has 1 atom stereocenters. The van der Waals surface area contributed by atoms with E-state index in [2.05, 4.69) is 5.32 Å². The van der Waals surface area contributed by atoms with Crippen LogP contribution < -0.4 is 5.32 Å². The number of nitrogens with one attached hydrogen (secondary N) is 1. The van der Waals surface area contributed by atoms with Gasteiger partial charge in [-0.3, -0.25) is 10.1 Å². The Morgan fingerprint density at radius 1 is 1.00 bits per heavy atom. The average molecular weight is 412 g/mol. The van der Waals surface area contributed by atoms with Crippen LogP contribution in [0, 0.1) is 0 Å². The number of esters is 1. The van der Waals surface area contributed by atoms with E-state index in [9.17, 15) is 14.4 Å². The minimum absolute atomic E-state index is 0.273. The lowest BCUT2D eigenvalue weighted by atomic mass is 10.2. The molecule has 2 aromatic rings. The van der Waals surface area contributed by atoms with Crippen molar-refractivity contribution in [2.45, 2.75) is 45.9 Å². The highest BCUT2D eigenvalue weighted by Gasteiger charge is 2.22. The lowest BCUT2D eigenvalue weighted by Gasteiger charge is -2.21. The summed E-state index contributed by atoms with van der Waals surface area (Å²) < 4.78 is 10.5. The summed E-state index contributed by atoms with van der Waals surface area (Å²) in [5.74, 6) is -0.914. The molecule has 160 valence electrons. The SMILES string of the molecule is C[C@@H](OC(=O)c1ccc(NC(=O)OC(C)(C)C)cc1)C(=O)N(C)Cc1ccccc1. The Morgan fingerprint density at radius 3 is 2.17 bits per heavy atom. The van der Waals surface area contributed by atoms with Crippen LogP contribution in [-0.4, -0.2) is 41.6 Å². The number of amides is 2. The Morgan fingerprint density at radius 2 is 1.60 bits per heavy atom. The zero-order chi connectivity index (χ0) is 22.3. The summed E-state index contributed by atoms with van der Waals surface area (Å²) in [4.78, 5) is 38.2. The number of likely N-dealkylation sites (N-methyl/N-ethyl adjacent to an activating group) is 1. The number of carbonyl (C=O) groups is 3. The summed E-state index contributed by atoms with van der Waals surface area (Å²) in [5.41, 5.74) is 1.13. The summed E-state index contributed by atoms with van der Waals surface area (Å²) >= 11 is 0. The quantitative estimate of drug-likeness (QED) is 0.718. The number of rotatable bonds is 6. The summed E-state index contributed by atoms with van der Waals surface area (Å²) in [6, 6.07) is 15.7. The Balaban J connectivity index is 1.90. The average Bonchev–Trinajstić information content (AvgIpc) is 2.67. The molecule has 2 rings (SSSR count). The van der Waals surface area contributed by atoms with E-state index < -0.39 is 23.8 Å². The molecule has 2 amide bonds. The fraction of sp³-hybridized carbons (Fsp3) is 0.348. The van der Waals surface area contributed by atoms with Crippen LogP contribution in [0.3, 0.4) is 0 Å². The van der Waals surface area contributed by atoms with Gasteiger partial charge in [0.25, 0.3) is 5.91 Å². The molecule has 0 bridgehead atoms. The molecule has 0 heterocycles. The highest BCUT2D eigenvalue weighted by molar-refractivity contribution is 5.93. The molecule has 0 fully saturated rings. The molecule has 0 unspecified atom stereocenters. The maximum absolute atomic E-state index is 12.5. The number of hydrogen-bond donors (Lipinski definition) is 1. The predicted molar refractivity (Wildman–Crippen MR) is 114 cm³/mol. The zero-order valence-corrected chi connectivity index (χ0v) is 18.0. The summed E-state index contributed by atoms with van der Waals surface area (Å²) in [5, 5.41) is 2.59. The van der Waals surface area contributed by atoms with E-state index >= 15 is 0 Å². The first-order valence-corrected chi connectivity index (χ1v) is 9.65. The van der Waals surface area contributed by atoms with E-state index in [1.165, 1.54) is 17.0 Å². The molecule has 0 aliphatic rings. The topological polar surface area (TPSA) is 84.9 Å². The van der Waals surface area contributed by atoms with Gasteiger partial charge in [0.2, 0.25) is 0 Å². The Kier molecular flexibility index (Phi) is 7.58. The maximum Gasteiger partial charge on any atom is 0.412 e. The first-order valence-electron chi connectivity index (χ1n) is 9.65. The van der Waals surface area contributed by atoms with Crippen molar-refractivity contribution in [1.82, 2.24) is 4.90 Å². The Hall–Kier alpha value is -3.35. The van der Waals surface area contributed by atoms with Crippen LogP contribution in [0.25, 0.3) is 0 Å². The van der Waals surface area contributed by atoms with Crippen LogP contribution in [0.4, 0.5) is 10.5 Å². The summed E-state index contributed by atoms with van der Waals surface area (Å²) in [6.07, 6.45) is -1.51. The standard InChI is InChI=1S/C23H28N2O5/c1-16(20(26)25(5)15-17-9-7-6-8-10-17)29-21(27)18-11-13-19(14-12-18)24-22(28)30-23(2,3)4/h6-14,16H,15H2,1-5H3,(H,24,28)/t16-/m1/s1. The molecule has 7 heteroatoms. The molecular weight excluding hydrogens is 384 g/mol. The number of anilines is 1. The van der Waals surface area contributed by atoms with Gasteiger partial charge in [0, 0.05) is 19.3 Å². The first-order chi connectivity index (χ1) is 14.0. The van der Waals surface area contributed by atoms with E-state index in [0.29, 0.717) is 12.2 Å². The molecular formula is C23H28N2O5. The van der Waals surface area contributed by atoms with Crippen molar-refractivity contribution in [1.29, 1.82) is 0 Å². The molecule has 0 aliphatic heterocycles. The predicted octanol–water partition coefficient (Wildman–Crippen LogP) is 4.24. The van der Waals surface area contributed by atoms with Crippen LogP contribution in [0.2, 0.25) is 0 Å². The fourth-order valence-electron chi connectivity index (χ4n) is 2.64. The van der Waals surface area contributed by atoms with E-state index in [1.54, 1.807) is 46.9 Å². The van der Waals surface area contributed by atoms with Gasteiger partial charge < -0.3 is 14.4 Å². The number of carbonyl (C=O) groups excluding carboxylic acids is 3. The van der Waals surface area contributed by atoms with Gasteiger partial charge >= 0.3 is 12.1 Å². The van der Waals surface area contributed by atoms with Crippen LogP contribution in [-0.2, 0) is 20.8 Å². The van der Waals surface area contributed by atoms with Crippen molar-refractivity contribution in [2.24, 2.45) is 0 Å². The van der Waals surface area contributed by atoms with Crippen LogP contribution in [0.1, 0.15) is 43.6 Å². The third-order valence-electron chi connectivity index (χ3n) is 4.04. The van der Waals surface area contributed by atoms with Crippen LogP contribution in [0.5, 0.6) is 0 Å². The van der Waals surface area contributed by atoms with Gasteiger partial charge in [-0.1, -0.05) is 30.3 Å². The van der Waals surface area contributed by atoms with Gasteiger partial charge in [0.05, 0.1) is 5.56 Å². The Labute approximate surface area is 177 Å². The number of nitrogens with zero attached hydrogens (tertiary/aromatic N) is 1.